The number of fused-ring (bicyclic) bond motifs is 1. The minimum absolute atomic E-state index is 0.0538. The van der Waals surface area contributed by atoms with Gasteiger partial charge in [-0.1, -0.05) is 25.1 Å². The summed E-state index contributed by atoms with van der Waals surface area (Å²) < 4.78 is 7.71. The van der Waals surface area contributed by atoms with Gasteiger partial charge in [-0.15, -0.1) is 0 Å². The molecule has 1 aromatic carbocycles. The molecule has 3 rings (SSSR count). The molecule has 0 spiro atoms. The third-order valence-electron chi connectivity index (χ3n) is 3.05. The highest BCUT2D eigenvalue weighted by molar-refractivity contribution is 9.10. The zero-order chi connectivity index (χ0) is 13.4. The second-order valence-corrected chi connectivity index (χ2v) is 4.90. The highest BCUT2D eigenvalue weighted by atomic mass is 79.9. The van der Waals surface area contributed by atoms with Crippen molar-refractivity contribution < 1.29 is 9.21 Å². The molecule has 0 aliphatic carbocycles. The van der Waals surface area contributed by atoms with Gasteiger partial charge in [-0.3, -0.25) is 9.36 Å². The number of aromatic nitrogens is 2. The topological polar surface area (TPSA) is 48.0 Å². The van der Waals surface area contributed by atoms with Crippen molar-refractivity contribution in [1.29, 1.82) is 0 Å². The summed E-state index contributed by atoms with van der Waals surface area (Å²) >= 11 is 3.35. The van der Waals surface area contributed by atoms with E-state index in [4.69, 9.17) is 4.42 Å². The summed E-state index contributed by atoms with van der Waals surface area (Å²) in [7, 11) is 0. The first kappa shape index (κ1) is 12.2. The fraction of sp³-hybridized carbons (Fsp3) is 0.143. The Balaban J connectivity index is 2.32. The van der Waals surface area contributed by atoms with E-state index in [0.717, 1.165) is 16.5 Å². The van der Waals surface area contributed by atoms with Crippen molar-refractivity contribution in [3.8, 4) is 11.3 Å². The summed E-state index contributed by atoms with van der Waals surface area (Å²) in [5.41, 5.74) is 1.74. The molecule has 0 unspecified atom stereocenters. The van der Waals surface area contributed by atoms with E-state index in [9.17, 15) is 4.79 Å². The van der Waals surface area contributed by atoms with Crippen molar-refractivity contribution in [2.45, 2.75) is 13.3 Å². The van der Waals surface area contributed by atoms with Crippen LogP contribution in [0, 0.1) is 0 Å². The van der Waals surface area contributed by atoms with Gasteiger partial charge < -0.3 is 4.42 Å². The number of carbonyl (C=O) groups is 1. The Kier molecular flexibility index (Phi) is 2.98. The SMILES string of the molecule is CCC(=O)n1cc(-c2ocnc2Br)c2ccccc21. The number of hydrogen-bond acceptors (Lipinski definition) is 3. The zero-order valence-electron chi connectivity index (χ0n) is 10.3. The number of rotatable bonds is 2. The first-order valence-corrected chi connectivity index (χ1v) is 6.74. The first-order valence-electron chi connectivity index (χ1n) is 5.95. The van der Waals surface area contributed by atoms with Gasteiger partial charge in [0.1, 0.15) is 0 Å². The predicted molar refractivity (Wildman–Crippen MR) is 76.1 cm³/mol. The number of carbonyl (C=O) groups excluding carboxylic acids is 1. The average molecular weight is 319 g/mol. The lowest BCUT2D eigenvalue weighted by atomic mass is 10.1. The molecule has 0 radical (unpaired) electrons. The molecule has 0 aliphatic rings. The Morgan fingerprint density at radius 3 is 2.89 bits per heavy atom. The molecule has 0 aliphatic heterocycles. The van der Waals surface area contributed by atoms with Crippen molar-refractivity contribution in [2.24, 2.45) is 0 Å². The maximum atomic E-state index is 12.0. The number of benzene rings is 1. The van der Waals surface area contributed by atoms with E-state index >= 15 is 0 Å². The average Bonchev–Trinajstić information content (AvgIpc) is 3.01. The largest absolute Gasteiger partial charge is 0.442 e. The van der Waals surface area contributed by atoms with E-state index < -0.39 is 0 Å². The molecule has 2 heterocycles. The summed E-state index contributed by atoms with van der Waals surface area (Å²) in [6.45, 7) is 1.85. The van der Waals surface area contributed by atoms with Crippen LogP contribution in [-0.2, 0) is 0 Å². The van der Waals surface area contributed by atoms with Crippen LogP contribution in [0.1, 0.15) is 18.1 Å². The lowest BCUT2D eigenvalue weighted by Crippen LogP contribution is -2.06. The van der Waals surface area contributed by atoms with Crippen molar-refractivity contribution in [2.75, 3.05) is 0 Å². The summed E-state index contributed by atoms with van der Waals surface area (Å²) in [6, 6.07) is 7.76. The smallest absolute Gasteiger partial charge is 0.230 e. The first-order chi connectivity index (χ1) is 9.22. The van der Waals surface area contributed by atoms with Crippen LogP contribution in [0.15, 0.2) is 45.9 Å². The number of hydrogen-bond donors (Lipinski definition) is 0. The van der Waals surface area contributed by atoms with Gasteiger partial charge in [0.15, 0.2) is 16.8 Å². The second kappa shape index (κ2) is 4.66. The molecule has 0 saturated carbocycles. The minimum atomic E-state index is 0.0538. The van der Waals surface area contributed by atoms with Crippen molar-refractivity contribution in [3.63, 3.8) is 0 Å². The highest BCUT2D eigenvalue weighted by Gasteiger charge is 2.17. The van der Waals surface area contributed by atoms with Crippen LogP contribution in [0.25, 0.3) is 22.2 Å². The van der Waals surface area contributed by atoms with Gasteiger partial charge in [0.2, 0.25) is 5.91 Å². The number of para-hydroxylation sites is 1. The molecule has 0 amide bonds. The van der Waals surface area contributed by atoms with Crippen molar-refractivity contribution in [1.82, 2.24) is 9.55 Å². The lowest BCUT2D eigenvalue weighted by molar-refractivity contribution is 0.0914. The number of halogens is 1. The van der Waals surface area contributed by atoms with E-state index in [0.29, 0.717) is 16.8 Å². The Labute approximate surface area is 118 Å². The normalized spacial score (nSPS) is 11.1. The Morgan fingerprint density at radius 1 is 1.42 bits per heavy atom. The van der Waals surface area contributed by atoms with E-state index in [1.54, 1.807) is 4.57 Å². The summed E-state index contributed by atoms with van der Waals surface area (Å²) in [6.07, 6.45) is 3.64. The standard InChI is InChI=1S/C14H11BrN2O2/c1-2-12(18)17-7-10(13-14(15)16-8-19-13)9-5-3-4-6-11(9)17/h3-8H,2H2,1H3. The van der Waals surface area contributed by atoms with Gasteiger partial charge in [-0.25, -0.2) is 4.98 Å². The molecule has 0 fully saturated rings. The van der Waals surface area contributed by atoms with E-state index in [1.165, 1.54) is 6.39 Å². The van der Waals surface area contributed by atoms with E-state index in [2.05, 4.69) is 20.9 Å². The molecule has 0 bridgehead atoms. The number of oxazole rings is 1. The van der Waals surface area contributed by atoms with Crippen LogP contribution >= 0.6 is 15.9 Å². The van der Waals surface area contributed by atoms with Crippen LogP contribution in [-0.4, -0.2) is 15.5 Å². The molecule has 4 nitrogen and oxygen atoms in total. The Hall–Kier alpha value is -1.88. The summed E-state index contributed by atoms with van der Waals surface area (Å²) in [5.74, 6) is 0.692. The molecule has 0 saturated heterocycles. The van der Waals surface area contributed by atoms with Crippen LogP contribution in [0.4, 0.5) is 0 Å². The van der Waals surface area contributed by atoms with E-state index in [-0.39, 0.29) is 5.91 Å². The zero-order valence-corrected chi connectivity index (χ0v) is 11.8. The highest BCUT2D eigenvalue weighted by Crippen LogP contribution is 2.34. The molecule has 2 aromatic heterocycles. The third-order valence-corrected chi connectivity index (χ3v) is 3.62. The fourth-order valence-electron chi connectivity index (χ4n) is 2.14. The van der Waals surface area contributed by atoms with Gasteiger partial charge in [0, 0.05) is 23.6 Å². The molecule has 0 N–H and O–H groups in total. The van der Waals surface area contributed by atoms with Crippen LogP contribution in [0.3, 0.4) is 0 Å². The van der Waals surface area contributed by atoms with Crippen molar-refractivity contribution >= 4 is 32.7 Å². The summed E-state index contributed by atoms with van der Waals surface area (Å²) in [4.78, 5) is 16.0. The third kappa shape index (κ3) is 1.90. The van der Waals surface area contributed by atoms with Gasteiger partial charge in [-0.05, 0) is 22.0 Å². The van der Waals surface area contributed by atoms with Crippen LogP contribution < -0.4 is 0 Å². The summed E-state index contributed by atoms with van der Waals surface area (Å²) in [5, 5.41) is 0.974. The number of nitrogens with zero attached hydrogens (tertiary/aromatic N) is 2. The van der Waals surface area contributed by atoms with Crippen LogP contribution in [0.5, 0.6) is 0 Å². The Morgan fingerprint density at radius 2 is 2.21 bits per heavy atom. The maximum Gasteiger partial charge on any atom is 0.230 e. The molecule has 96 valence electrons. The Bertz CT molecular complexity index is 758. The minimum Gasteiger partial charge on any atom is -0.442 e. The fourth-order valence-corrected chi connectivity index (χ4v) is 2.54. The molecular weight excluding hydrogens is 308 g/mol. The van der Waals surface area contributed by atoms with Gasteiger partial charge in [0.25, 0.3) is 0 Å². The molecule has 5 heteroatoms. The molecule has 3 aromatic rings. The predicted octanol–water partition coefficient (Wildman–Crippen LogP) is 4.11. The van der Waals surface area contributed by atoms with E-state index in [1.807, 2.05) is 37.4 Å². The molecule has 0 atom stereocenters. The van der Waals surface area contributed by atoms with Gasteiger partial charge >= 0.3 is 0 Å². The van der Waals surface area contributed by atoms with Crippen LogP contribution in [0.2, 0.25) is 0 Å². The quantitative estimate of drug-likeness (QED) is 0.714. The van der Waals surface area contributed by atoms with Gasteiger partial charge in [-0.2, -0.15) is 0 Å². The monoisotopic (exact) mass is 318 g/mol. The second-order valence-electron chi connectivity index (χ2n) is 4.15. The lowest BCUT2D eigenvalue weighted by Gasteiger charge is -1.99. The van der Waals surface area contributed by atoms with Crippen molar-refractivity contribution in [3.05, 3.63) is 41.5 Å². The maximum absolute atomic E-state index is 12.0. The molecule has 19 heavy (non-hydrogen) atoms. The van der Waals surface area contributed by atoms with Gasteiger partial charge in [0.05, 0.1) is 5.52 Å². The molecular formula is C14H11BrN2O2.